The molecule has 0 bridgehead atoms. The first-order valence-electron chi connectivity index (χ1n) is 5.81. The minimum absolute atomic E-state index is 0.384. The lowest BCUT2D eigenvalue weighted by Gasteiger charge is -2.33. The first-order chi connectivity index (χ1) is 6.74. The van der Waals surface area contributed by atoms with E-state index in [0.717, 1.165) is 39.1 Å². The number of hydrogen-bond donors (Lipinski definition) is 1. The highest BCUT2D eigenvalue weighted by molar-refractivity contribution is 4.73. The summed E-state index contributed by atoms with van der Waals surface area (Å²) in [6.45, 7) is 8.38. The van der Waals surface area contributed by atoms with E-state index in [4.69, 9.17) is 10.5 Å². The molecule has 1 aliphatic heterocycles. The van der Waals surface area contributed by atoms with Gasteiger partial charge in [0.25, 0.3) is 0 Å². The van der Waals surface area contributed by atoms with Gasteiger partial charge < -0.3 is 10.5 Å². The van der Waals surface area contributed by atoms with Crippen molar-refractivity contribution in [3.8, 4) is 0 Å². The monoisotopic (exact) mass is 200 g/mol. The Bertz CT molecular complexity index is 152. The van der Waals surface area contributed by atoms with E-state index in [1.54, 1.807) is 0 Å². The van der Waals surface area contributed by atoms with Crippen molar-refractivity contribution < 1.29 is 4.74 Å². The van der Waals surface area contributed by atoms with Gasteiger partial charge in [-0.3, -0.25) is 4.90 Å². The molecule has 14 heavy (non-hydrogen) atoms. The minimum atomic E-state index is 0.384. The van der Waals surface area contributed by atoms with E-state index in [-0.39, 0.29) is 0 Å². The Morgan fingerprint density at radius 2 is 2.29 bits per heavy atom. The lowest BCUT2D eigenvalue weighted by Crippen LogP contribution is -2.45. The largest absolute Gasteiger partial charge is 0.379 e. The third kappa shape index (κ3) is 3.95. The van der Waals surface area contributed by atoms with Crippen LogP contribution in [0.2, 0.25) is 0 Å². The van der Waals surface area contributed by atoms with Crippen LogP contribution in [-0.4, -0.2) is 43.3 Å². The van der Waals surface area contributed by atoms with E-state index in [2.05, 4.69) is 18.7 Å². The molecule has 0 saturated carbocycles. The molecule has 0 amide bonds. The molecule has 1 rings (SSSR count). The van der Waals surface area contributed by atoms with Gasteiger partial charge in [-0.2, -0.15) is 0 Å². The zero-order valence-electron chi connectivity index (χ0n) is 9.54. The zero-order valence-corrected chi connectivity index (χ0v) is 9.54. The normalized spacial score (nSPS) is 26.4. The van der Waals surface area contributed by atoms with E-state index in [1.165, 1.54) is 6.42 Å². The smallest absolute Gasteiger partial charge is 0.0619 e. The quantitative estimate of drug-likeness (QED) is 0.725. The summed E-state index contributed by atoms with van der Waals surface area (Å²) in [6, 6.07) is 0.952. The van der Waals surface area contributed by atoms with Gasteiger partial charge in [0.15, 0.2) is 0 Å². The van der Waals surface area contributed by atoms with Gasteiger partial charge in [0.05, 0.1) is 13.2 Å². The second-order valence-corrected chi connectivity index (χ2v) is 4.30. The lowest BCUT2D eigenvalue weighted by atomic mass is 10.1. The summed E-state index contributed by atoms with van der Waals surface area (Å²) in [5.41, 5.74) is 5.99. The highest BCUT2D eigenvalue weighted by Gasteiger charge is 2.18. The summed E-state index contributed by atoms with van der Waals surface area (Å²) >= 11 is 0. The summed E-state index contributed by atoms with van der Waals surface area (Å²) in [5.74, 6) is 0. The van der Waals surface area contributed by atoms with Crippen LogP contribution in [0.3, 0.4) is 0 Å². The molecule has 3 nitrogen and oxygen atoms in total. The third-order valence-corrected chi connectivity index (χ3v) is 2.95. The number of ether oxygens (including phenoxy) is 1. The van der Waals surface area contributed by atoms with Crippen LogP contribution in [0.4, 0.5) is 0 Å². The number of nitrogens with two attached hydrogens (primary N) is 1. The standard InChI is InChI=1S/C11H24N2O/c1-3-4-11(12)5-6-13-7-8-14-9-10(13)2/h10-11H,3-9,12H2,1-2H3. The van der Waals surface area contributed by atoms with E-state index in [0.29, 0.717) is 12.1 Å². The highest BCUT2D eigenvalue weighted by atomic mass is 16.5. The van der Waals surface area contributed by atoms with E-state index in [1.807, 2.05) is 0 Å². The van der Waals surface area contributed by atoms with Crippen LogP contribution in [0.25, 0.3) is 0 Å². The summed E-state index contributed by atoms with van der Waals surface area (Å²) in [5, 5.41) is 0. The van der Waals surface area contributed by atoms with Crippen LogP contribution in [-0.2, 0) is 4.74 Å². The highest BCUT2D eigenvalue weighted by Crippen LogP contribution is 2.08. The zero-order chi connectivity index (χ0) is 10.4. The molecule has 3 heteroatoms. The fourth-order valence-electron chi connectivity index (χ4n) is 1.94. The maximum absolute atomic E-state index is 5.99. The van der Waals surface area contributed by atoms with E-state index >= 15 is 0 Å². The molecule has 1 saturated heterocycles. The summed E-state index contributed by atoms with van der Waals surface area (Å²) in [6.07, 6.45) is 3.47. The minimum Gasteiger partial charge on any atom is -0.379 e. The maximum Gasteiger partial charge on any atom is 0.0619 e. The molecular formula is C11H24N2O. The topological polar surface area (TPSA) is 38.5 Å². The van der Waals surface area contributed by atoms with Crippen molar-refractivity contribution >= 4 is 0 Å². The maximum atomic E-state index is 5.99. The molecule has 0 aliphatic carbocycles. The Labute approximate surface area is 87.6 Å². The molecule has 2 unspecified atom stereocenters. The van der Waals surface area contributed by atoms with Crippen LogP contribution in [0.5, 0.6) is 0 Å². The van der Waals surface area contributed by atoms with Crippen LogP contribution < -0.4 is 5.73 Å². The Hall–Kier alpha value is -0.120. The van der Waals surface area contributed by atoms with E-state index < -0.39 is 0 Å². The number of morpholine rings is 1. The van der Waals surface area contributed by atoms with Crippen molar-refractivity contribution in [3.05, 3.63) is 0 Å². The Morgan fingerprint density at radius 3 is 2.93 bits per heavy atom. The predicted octanol–water partition coefficient (Wildman–Crippen LogP) is 1.22. The molecule has 0 aromatic rings. The van der Waals surface area contributed by atoms with Gasteiger partial charge in [-0.05, 0) is 19.8 Å². The number of nitrogens with zero attached hydrogens (tertiary/aromatic N) is 1. The molecule has 0 radical (unpaired) electrons. The van der Waals surface area contributed by atoms with Crippen molar-refractivity contribution in [1.29, 1.82) is 0 Å². The molecule has 2 N–H and O–H groups in total. The molecule has 1 aliphatic rings. The van der Waals surface area contributed by atoms with Crippen molar-refractivity contribution in [3.63, 3.8) is 0 Å². The first-order valence-corrected chi connectivity index (χ1v) is 5.81. The lowest BCUT2D eigenvalue weighted by molar-refractivity contribution is -0.00145. The van der Waals surface area contributed by atoms with Gasteiger partial charge in [-0.25, -0.2) is 0 Å². The Kier molecular flexibility index (Phi) is 5.45. The molecule has 0 spiro atoms. The van der Waals surface area contributed by atoms with Crippen LogP contribution in [0, 0.1) is 0 Å². The molecule has 84 valence electrons. The predicted molar refractivity (Wildman–Crippen MR) is 59.4 cm³/mol. The Balaban J connectivity index is 2.15. The van der Waals surface area contributed by atoms with Crippen molar-refractivity contribution in [2.45, 2.75) is 45.2 Å². The molecule has 0 aromatic carbocycles. The molecule has 2 atom stereocenters. The van der Waals surface area contributed by atoms with Crippen LogP contribution in [0.15, 0.2) is 0 Å². The second kappa shape index (κ2) is 6.38. The Morgan fingerprint density at radius 1 is 1.50 bits per heavy atom. The van der Waals surface area contributed by atoms with Gasteiger partial charge in [-0.15, -0.1) is 0 Å². The third-order valence-electron chi connectivity index (χ3n) is 2.95. The van der Waals surface area contributed by atoms with Gasteiger partial charge in [0, 0.05) is 25.2 Å². The van der Waals surface area contributed by atoms with Crippen LogP contribution in [0.1, 0.15) is 33.1 Å². The fraction of sp³-hybridized carbons (Fsp3) is 1.00. The van der Waals surface area contributed by atoms with Crippen molar-refractivity contribution in [2.75, 3.05) is 26.3 Å². The summed E-state index contributed by atoms with van der Waals surface area (Å²) in [4.78, 5) is 2.49. The fourth-order valence-corrected chi connectivity index (χ4v) is 1.94. The SMILES string of the molecule is CCCC(N)CCN1CCOCC1C. The van der Waals surface area contributed by atoms with Crippen molar-refractivity contribution in [2.24, 2.45) is 5.73 Å². The number of hydrogen-bond acceptors (Lipinski definition) is 3. The van der Waals surface area contributed by atoms with E-state index in [9.17, 15) is 0 Å². The van der Waals surface area contributed by atoms with Gasteiger partial charge in [-0.1, -0.05) is 13.3 Å². The van der Waals surface area contributed by atoms with Gasteiger partial charge in [0.1, 0.15) is 0 Å². The number of rotatable bonds is 5. The summed E-state index contributed by atoms with van der Waals surface area (Å²) < 4.78 is 5.39. The average Bonchev–Trinajstić information content (AvgIpc) is 2.17. The van der Waals surface area contributed by atoms with Crippen molar-refractivity contribution in [1.82, 2.24) is 4.90 Å². The summed E-state index contributed by atoms with van der Waals surface area (Å²) in [7, 11) is 0. The second-order valence-electron chi connectivity index (χ2n) is 4.30. The van der Waals surface area contributed by atoms with Gasteiger partial charge in [0.2, 0.25) is 0 Å². The molecular weight excluding hydrogens is 176 g/mol. The van der Waals surface area contributed by atoms with Crippen LogP contribution >= 0.6 is 0 Å². The molecule has 0 aromatic heterocycles. The first kappa shape index (κ1) is 12.0. The molecule has 1 fully saturated rings. The average molecular weight is 200 g/mol. The molecule has 1 heterocycles. The van der Waals surface area contributed by atoms with Gasteiger partial charge >= 0.3 is 0 Å².